The van der Waals surface area contributed by atoms with Gasteiger partial charge in [-0.3, -0.25) is 0 Å². The Morgan fingerprint density at radius 3 is 3.17 bits per heavy atom. The van der Waals surface area contributed by atoms with Crippen LogP contribution in [-0.4, -0.2) is 28.9 Å². The van der Waals surface area contributed by atoms with Gasteiger partial charge in [0.2, 0.25) is 0 Å². The minimum Gasteiger partial charge on any atom is -0.376 e. The first-order valence-electron chi connectivity index (χ1n) is 6.71. The van der Waals surface area contributed by atoms with Gasteiger partial charge in [0.1, 0.15) is 11.6 Å². The van der Waals surface area contributed by atoms with Gasteiger partial charge >= 0.3 is 0 Å². The second kappa shape index (κ2) is 5.45. The number of anilines is 1. The zero-order valence-electron chi connectivity index (χ0n) is 10.7. The molecule has 1 N–H and O–H groups in total. The summed E-state index contributed by atoms with van der Waals surface area (Å²) in [4.78, 5) is 9.52. The van der Waals surface area contributed by atoms with Crippen molar-refractivity contribution >= 4 is 17.6 Å². The molecule has 1 unspecified atom stereocenters. The fourth-order valence-electron chi connectivity index (χ4n) is 2.49. The molecule has 4 nitrogen and oxygen atoms in total. The van der Waals surface area contributed by atoms with Crippen molar-refractivity contribution in [2.45, 2.75) is 38.0 Å². The molecule has 0 saturated carbocycles. The maximum atomic E-state index is 5.52. The van der Waals surface area contributed by atoms with E-state index >= 15 is 0 Å². The topological polar surface area (TPSA) is 47.0 Å². The highest BCUT2D eigenvalue weighted by molar-refractivity contribution is 7.99. The molecule has 2 aliphatic rings. The van der Waals surface area contributed by atoms with E-state index in [1.54, 1.807) is 0 Å². The second-order valence-corrected chi connectivity index (χ2v) is 6.00. The van der Waals surface area contributed by atoms with Crippen LogP contribution in [0.5, 0.6) is 0 Å². The minimum atomic E-state index is 0.496. The molecule has 1 aromatic rings. The Balaban J connectivity index is 1.97. The fraction of sp³-hybridized carbons (Fsp3) is 0.692. The molecule has 0 bridgehead atoms. The number of hydrogen-bond acceptors (Lipinski definition) is 5. The van der Waals surface area contributed by atoms with Gasteiger partial charge in [-0.05, 0) is 25.5 Å². The standard InChI is InChI=1S/C13H19N3OS/c1-2-14-12-9-8-17-6-5-10(9)15-13(16-12)11-4-3-7-18-11/h11H,2-8H2,1H3,(H,14,15,16). The van der Waals surface area contributed by atoms with E-state index in [2.05, 4.69) is 12.2 Å². The molecule has 0 aromatic carbocycles. The normalized spacial score (nSPS) is 22.8. The fourth-order valence-corrected chi connectivity index (χ4v) is 3.70. The number of rotatable bonds is 3. The SMILES string of the molecule is CCNc1nc(C2CCCS2)nc2c1COCC2. The highest BCUT2D eigenvalue weighted by Gasteiger charge is 2.24. The van der Waals surface area contributed by atoms with Crippen molar-refractivity contribution < 1.29 is 4.74 Å². The van der Waals surface area contributed by atoms with E-state index < -0.39 is 0 Å². The first kappa shape index (κ1) is 12.2. The van der Waals surface area contributed by atoms with Crippen LogP contribution in [0.25, 0.3) is 0 Å². The first-order chi connectivity index (χ1) is 8.88. The molecule has 3 rings (SSSR count). The van der Waals surface area contributed by atoms with Gasteiger partial charge in [-0.15, -0.1) is 0 Å². The third-order valence-electron chi connectivity index (χ3n) is 3.40. The van der Waals surface area contributed by atoms with Crippen LogP contribution in [0.4, 0.5) is 5.82 Å². The van der Waals surface area contributed by atoms with Crippen molar-refractivity contribution in [2.24, 2.45) is 0 Å². The van der Waals surface area contributed by atoms with Crippen LogP contribution in [0.1, 0.15) is 42.1 Å². The third kappa shape index (κ3) is 2.34. The van der Waals surface area contributed by atoms with Crippen LogP contribution >= 0.6 is 11.8 Å². The Bertz CT molecular complexity index is 432. The van der Waals surface area contributed by atoms with Crippen molar-refractivity contribution in [3.63, 3.8) is 0 Å². The number of nitrogens with zero attached hydrogens (tertiary/aromatic N) is 2. The van der Waals surface area contributed by atoms with Crippen molar-refractivity contribution in [2.75, 3.05) is 24.2 Å². The quantitative estimate of drug-likeness (QED) is 0.910. The molecule has 5 heteroatoms. The molecule has 0 spiro atoms. The zero-order valence-corrected chi connectivity index (χ0v) is 11.6. The number of nitrogens with one attached hydrogen (secondary N) is 1. The molecule has 2 aliphatic heterocycles. The van der Waals surface area contributed by atoms with Gasteiger partial charge in [0.15, 0.2) is 0 Å². The van der Waals surface area contributed by atoms with E-state index in [0.717, 1.165) is 36.8 Å². The van der Waals surface area contributed by atoms with Crippen LogP contribution in [0.2, 0.25) is 0 Å². The van der Waals surface area contributed by atoms with Crippen LogP contribution in [0, 0.1) is 0 Å². The highest BCUT2D eigenvalue weighted by atomic mass is 32.2. The van der Waals surface area contributed by atoms with Crippen molar-refractivity contribution in [1.82, 2.24) is 9.97 Å². The number of aromatic nitrogens is 2. The third-order valence-corrected chi connectivity index (χ3v) is 4.77. The summed E-state index contributed by atoms with van der Waals surface area (Å²) in [7, 11) is 0. The average Bonchev–Trinajstić information content (AvgIpc) is 2.93. The van der Waals surface area contributed by atoms with E-state index in [1.165, 1.54) is 24.3 Å². The lowest BCUT2D eigenvalue weighted by Crippen LogP contribution is -2.18. The molecular weight excluding hydrogens is 246 g/mol. The summed E-state index contributed by atoms with van der Waals surface area (Å²) in [6, 6.07) is 0. The van der Waals surface area contributed by atoms with Gasteiger partial charge in [0.05, 0.1) is 24.2 Å². The molecule has 0 aliphatic carbocycles. The summed E-state index contributed by atoms with van der Waals surface area (Å²) in [6.45, 7) is 4.42. The van der Waals surface area contributed by atoms with Crippen LogP contribution < -0.4 is 5.32 Å². The molecule has 18 heavy (non-hydrogen) atoms. The Labute approximate surface area is 112 Å². The monoisotopic (exact) mass is 265 g/mol. The van der Waals surface area contributed by atoms with Gasteiger partial charge in [0, 0.05) is 18.5 Å². The van der Waals surface area contributed by atoms with Crippen molar-refractivity contribution in [3.8, 4) is 0 Å². The Morgan fingerprint density at radius 2 is 2.39 bits per heavy atom. The average molecular weight is 265 g/mol. The summed E-state index contributed by atoms with van der Waals surface area (Å²) in [5.74, 6) is 3.25. The smallest absolute Gasteiger partial charge is 0.143 e. The van der Waals surface area contributed by atoms with Gasteiger partial charge < -0.3 is 10.1 Å². The summed E-state index contributed by atoms with van der Waals surface area (Å²) < 4.78 is 5.52. The van der Waals surface area contributed by atoms with E-state index in [1.807, 2.05) is 11.8 Å². The van der Waals surface area contributed by atoms with Crippen molar-refractivity contribution in [1.29, 1.82) is 0 Å². The van der Waals surface area contributed by atoms with E-state index in [9.17, 15) is 0 Å². The zero-order chi connectivity index (χ0) is 12.4. The van der Waals surface area contributed by atoms with Crippen LogP contribution in [0.3, 0.4) is 0 Å². The number of hydrogen-bond donors (Lipinski definition) is 1. The van der Waals surface area contributed by atoms with E-state index in [0.29, 0.717) is 11.9 Å². The molecule has 1 aromatic heterocycles. The molecule has 98 valence electrons. The van der Waals surface area contributed by atoms with Gasteiger partial charge in [-0.2, -0.15) is 11.8 Å². The Hall–Kier alpha value is -0.810. The van der Waals surface area contributed by atoms with Crippen LogP contribution in [0.15, 0.2) is 0 Å². The lowest BCUT2D eigenvalue weighted by atomic mass is 10.1. The van der Waals surface area contributed by atoms with Crippen molar-refractivity contribution in [3.05, 3.63) is 17.1 Å². The summed E-state index contributed by atoms with van der Waals surface area (Å²) >= 11 is 1.99. The molecule has 1 fully saturated rings. The molecular formula is C13H19N3OS. The first-order valence-corrected chi connectivity index (χ1v) is 7.76. The molecule has 0 radical (unpaired) electrons. The Kier molecular flexibility index (Phi) is 3.70. The highest BCUT2D eigenvalue weighted by Crippen LogP contribution is 2.39. The number of thioether (sulfide) groups is 1. The van der Waals surface area contributed by atoms with Gasteiger partial charge in [-0.25, -0.2) is 9.97 Å². The lowest BCUT2D eigenvalue weighted by molar-refractivity contribution is 0.109. The predicted molar refractivity (Wildman–Crippen MR) is 74.0 cm³/mol. The largest absolute Gasteiger partial charge is 0.376 e. The van der Waals surface area contributed by atoms with E-state index in [4.69, 9.17) is 14.7 Å². The van der Waals surface area contributed by atoms with Gasteiger partial charge in [0.25, 0.3) is 0 Å². The molecule has 1 saturated heterocycles. The Morgan fingerprint density at radius 1 is 1.44 bits per heavy atom. The van der Waals surface area contributed by atoms with E-state index in [-0.39, 0.29) is 0 Å². The number of fused-ring (bicyclic) bond motifs is 1. The predicted octanol–water partition coefficient (Wildman–Crippen LogP) is 2.55. The van der Waals surface area contributed by atoms with Crippen LogP contribution in [-0.2, 0) is 17.8 Å². The van der Waals surface area contributed by atoms with Gasteiger partial charge in [-0.1, -0.05) is 0 Å². The minimum absolute atomic E-state index is 0.496. The maximum absolute atomic E-state index is 5.52. The summed E-state index contributed by atoms with van der Waals surface area (Å²) in [5.41, 5.74) is 2.35. The summed E-state index contributed by atoms with van der Waals surface area (Å²) in [5, 5.41) is 3.86. The second-order valence-electron chi connectivity index (χ2n) is 4.69. The molecule has 1 atom stereocenters. The molecule has 3 heterocycles. The molecule has 0 amide bonds. The lowest BCUT2D eigenvalue weighted by Gasteiger charge is -2.21. The number of ether oxygens (including phenoxy) is 1. The summed E-state index contributed by atoms with van der Waals surface area (Å²) in [6.07, 6.45) is 3.42. The maximum Gasteiger partial charge on any atom is 0.143 e.